The summed E-state index contributed by atoms with van der Waals surface area (Å²) in [6.45, 7) is 3.69. The van der Waals surface area contributed by atoms with Gasteiger partial charge in [0.2, 0.25) is 5.91 Å². The van der Waals surface area contributed by atoms with Crippen LogP contribution in [0.15, 0.2) is 29.1 Å². The summed E-state index contributed by atoms with van der Waals surface area (Å²) in [5, 5.41) is 0. The van der Waals surface area contributed by atoms with E-state index in [-0.39, 0.29) is 17.6 Å². The molecule has 0 bridgehead atoms. The lowest BCUT2D eigenvalue weighted by atomic mass is 9.95. The number of likely N-dealkylation sites (tertiary alicyclic amines) is 1. The number of aromatic nitrogens is 2. The van der Waals surface area contributed by atoms with Crippen LogP contribution in [0.25, 0.3) is 11.0 Å². The van der Waals surface area contributed by atoms with Gasteiger partial charge in [0.05, 0.1) is 17.0 Å². The van der Waals surface area contributed by atoms with E-state index in [4.69, 9.17) is 0 Å². The predicted octanol–water partition coefficient (Wildman–Crippen LogP) is 2.49. The number of thioether (sulfide) groups is 1. The van der Waals surface area contributed by atoms with Crippen LogP contribution < -0.4 is 5.69 Å². The number of para-hydroxylation sites is 2. The molecule has 0 saturated carbocycles. The van der Waals surface area contributed by atoms with Crippen LogP contribution in [0.5, 0.6) is 0 Å². The summed E-state index contributed by atoms with van der Waals surface area (Å²) in [6.07, 6.45) is 1.70. The summed E-state index contributed by atoms with van der Waals surface area (Å²) in [5.74, 6) is 3.04. The fourth-order valence-electron chi connectivity index (χ4n) is 3.99. The molecule has 1 aromatic heterocycles. The Hall–Kier alpha value is -1.69. The largest absolute Gasteiger partial charge is 0.342 e. The number of carbonyl (C=O) groups is 1. The van der Waals surface area contributed by atoms with Crippen LogP contribution in [0.1, 0.15) is 25.8 Å². The van der Waals surface area contributed by atoms with Crippen LogP contribution in [0, 0.1) is 11.8 Å². The quantitative estimate of drug-likeness (QED) is 0.910. The third-order valence-corrected chi connectivity index (χ3v) is 6.80. The average Bonchev–Trinajstić information content (AvgIpc) is 3.16. The molecule has 3 heterocycles. The number of amides is 1. The van der Waals surface area contributed by atoms with E-state index in [0.29, 0.717) is 11.8 Å². The molecule has 0 radical (unpaired) electrons. The summed E-state index contributed by atoms with van der Waals surface area (Å²) >= 11 is 1.89. The number of nitrogens with one attached hydrogen (secondary N) is 1. The fraction of sp³-hybridized carbons (Fsp3) is 0.556. The van der Waals surface area contributed by atoms with E-state index < -0.39 is 0 Å². The molecule has 128 valence electrons. The topological polar surface area (TPSA) is 58.1 Å². The summed E-state index contributed by atoms with van der Waals surface area (Å²) in [4.78, 5) is 30.0. The van der Waals surface area contributed by atoms with Crippen LogP contribution in [-0.2, 0) is 4.79 Å². The summed E-state index contributed by atoms with van der Waals surface area (Å²) in [7, 11) is 0. The zero-order valence-corrected chi connectivity index (χ0v) is 14.7. The van der Waals surface area contributed by atoms with Crippen LogP contribution in [0.3, 0.4) is 0 Å². The molecule has 1 N–H and O–H groups in total. The SMILES string of the molecule is CC1CSCC1C(=O)N1CCC(n2c(=O)[nH]c3ccccc32)CC1. The van der Waals surface area contributed by atoms with Crippen molar-refractivity contribution in [3.05, 3.63) is 34.7 Å². The Morgan fingerprint density at radius 3 is 2.67 bits per heavy atom. The standard InChI is InChI=1S/C18H23N3O2S/c1-12-10-24-11-14(12)17(22)20-8-6-13(7-9-20)21-16-5-3-2-4-15(16)19-18(21)23/h2-5,12-14H,6-11H2,1H3,(H,19,23). The molecule has 1 amide bonds. The number of piperidine rings is 1. The molecule has 4 rings (SSSR count). The molecule has 0 spiro atoms. The molecular weight excluding hydrogens is 322 g/mol. The lowest BCUT2D eigenvalue weighted by Crippen LogP contribution is -2.44. The Balaban J connectivity index is 1.49. The van der Waals surface area contributed by atoms with Crippen molar-refractivity contribution in [2.45, 2.75) is 25.8 Å². The molecule has 0 aliphatic carbocycles. The molecular formula is C18H23N3O2S. The number of fused-ring (bicyclic) bond motifs is 1. The Bertz CT molecular complexity index is 804. The maximum absolute atomic E-state index is 12.7. The number of nitrogens with zero attached hydrogens (tertiary/aromatic N) is 2. The minimum atomic E-state index is -0.0400. The van der Waals surface area contributed by atoms with E-state index in [1.165, 1.54) is 0 Å². The Labute approximate surface area is 145 Å². The maximum Gasteiger partial charge on any atom is 0.326 e. The number of H-pyrrole nitrogens is 1. The second-order valence-corrected chi connectivity index (χ2v) is 8.07. The highest BCUT2D eigenvalue weighted by atomic mass is 32.2. The normalized spacial score (nSPS) is 25.5. The van der Waals surface area contributed by atoms with Gasteiger partial charge in [-0.25, -0.2) is 4.79 Å². The van der Waals surface area contributed by atoms with Crippen molar-refractivity contribution in [1.29, 1.82) is 0 Å². The minimum absolute atomic E-state index is 0.0400. The number of hydrogen-bond acceptors (Lipinski definition) is 3. The molecule has 1 aromatic carbocycles. The number of benzene rings is 1. The first-order chi connectivity index (χ1) is 11.6. The van der Waals surface area contributed by atoms with E-state index in [1.807, 2.05) is 45.5 Å². The maximum atomic E-state index is 12.7. The van der Waals surface area contributed by atoms with Crippen molar-refractivity contribution in [3.8, 4) is 0 Å². The van der Waals surface area contributed by atoms with Crippen molar-refractivity contribution < 1.29 is 4.79 Å². The van der Waals surface area contributed by atoms with Gasteiger partial charge in [0.15, 0.2) is 0 Å². The van der Waals surface area contributed by atoms with Crippen LogP contribution in [-0.4, -0.2) is 45.0 Å². The molecule has 2 unspecified atom stereocenters. The summed E-state index contributed by atoms with van der Waals surface area (Å²) in [5.41, 5.74) is 1.81. The van der Waals surface area contributed by atoms with E-state index in [1.54, 1.807) is 0 Å². The first-order valence-electron chi connectivity index (χ1n) is 8.71. The average molecular weight is 345 g/mol. The van der Waals surface area contributed by atoms with Gasteiger partial charge < -0.3 is 9.88 Å². The first kappa shape index (κ1) is 15.8. The second kappa shape index (κ2) is 6.31. The Morgan fingerprint density at radius 1 is 1.21 bits per heavy atom. The molecule has 6 heteroatoms. The molecule has 2 aliphatic rings. The van der Waals surface area contributed by atoms with E-state index in [2.05, 4.69) is 11.9 Å². The van der Waals surface area contributed by atoms with Gasteiger partial charge in [0.1, 0.15) is 0 Å². The smallest absolute Gasteiger partial charge is 0.326 e. The second-order valence-electron chi connectivity index (χ2n) is 6.99. The number of carbonyl (C=O) groups excluding carboxylic acids is 1. The van der Waals surface area contributed by atoms with Gasteiger partial charge in [-0.3, -0.25) is 9.36 Å². The summed E-state index contributed by atoms with van der Waals surface area (Å²) < 4.78 is 1.88. The molecule has 5 nitrogen and oxygen atoms in total. The van der Waals surface area contributed by atoms with Gasteiger partial charge in [-0.15, -0.1) is 0 Å². The monoisotopic (exact) mass is 345 g/mol. The lowest BCUT2D eigenvalue weighted by molar-refractivity contribution is -0.137. The van der Waals surface area contributed by atoms with Gasteiger partial charge in [-0.1, -0.05) is 19.1 Å². The van der Waals surface area contributed by atoms with Crippen molar-refractivity contribution in [2.24, 2.45) is 11.8 Å². The van der Waals surface area contributed by atoms with Gasteiger partial charge in [-0.2, -0.15) is 11.8 Å². The molecule has 2 aromatic rings. The Kier molecular flexibility index (Phi) is 4.16. The lowest BCUT2D eigenvalue weighted by Gasteiger charge is -2.34. The van der Waals surface area contributed by atoms with Gasteiger partial charge >= 0.3 is 5.69 Å². The Morgan fingerprint density at radius 2 is 1.96 bits per heavy atom. The van der Waals surface area contributed by atoms with E-state index in [9.17, 15) is 9.59 Å². The van der Waals surface area contributed by atoms with Crippen molar-refractivity contribution in [1.82, 2.24) is 14.5 Å². The minimum Gasteiger partial charge on any atom is -0.342 e. The highest BCUT2D eigenvalue weighted by Gasteiger charge is 2.35. The van der Waals surface area contributed by atoms with Gasteiger partial charge in [0, 0.05) is 24.9 Å². The zero-order chi connectivity index (χ0) is 16.7. The molecule has 2 saturated heterocycles. The fourth-order valence-corrected chi connectivity index (χ4v) is 5.46. The van der Waals surface area contributed by atoms with Crippen molar-refractivity contribution in [3.63, 3.8) is 0 Å². The number of aromatic amines is 1. The van der Waals surface area contributed by atoms with Crippen molar-refractivity contribution >= 4 is 28.7 Å². The van der Waals surface area contributed by atoms with Crippen molar-refractivity contribution in [2.75, 3.05) is 24.6 Å². The highest BCUT2D eigenvalue weighted by Crippen LogP contribution is 2.32. The third kappa shape index (κ3) is 2.66. The van der Waals surface area contributed by atoms with Gasteiger partial charge in [-0.05, 0) is 36.6 Å². The number of rotatable bonds is 2. The van der Waals surface area contributed by atoms with E-state index in [0.717, 1.165) is 48.5 Å². The van der Waals surface area contributed by atoms with E-state index >= 15 is 0 Å². The van der Waals surface area contributed by atoms with Crippen LogP contribution in [0.4, 0.5) is 0 Å². The van der Waals surface area contributed by atoms with Crippen LogP contribution in [0.2, 0.25) is 0 Å². The van der Waals surface area contributed by atoms with Crippen LogP contribution >= 0.6 is 11.8 Å². The summed E-state index contributed by atoms with van der Waals surface area (Å²) in [6, 6.07) is 8.00. The molecule has 2 fully saturated rings. The molecule has 2 aliphatic heterocycles. The zero-order valence-electron chi connectivity index (χ0n) is 13.9. The number of imidazole rings is 1. The first-order valence-corrected chi connectivity index (χ1v) is 9.86. The number of hydrogen-bond donors (Lipinski definition) is 1. The molecule has 2 atom stereocenters. The third-order valence-electron chi connectivity index (χ3n) is 5.45. The molecule has 24 heavy (non-hydrogen) atoms. The highest BCUT2D eigenvalue weighted by molar-refractivity contribution is 7.99. The van der Waals surface area contributed by atoms with Gasteiger partial charge in [0.25, 0.3) is 0 Å². The predicted molar refractivity (Wildman–Crippen MR) is 97.4 cm³/mol.